The van der Waals surface area contributed by atoms with Gasteiger partial charge in [0.1, 0.15) is 5.82 Å². The minimum atomic E-state index is 0.597. The van der Waals surface area contributed by atoms with Crippen LogP contribution in [0.2, 0.25) is 0 Å². The summed E-state index contributed by atoms with van der Waals surface area (Å²) in [5, 5.41) is 3.56. The summed E-state index contributed by atoms with van der Waals surface area (Å²) in [6.07, 6.45) is 4.68. The molecule has 0 amide bonds. The lowest BCUT2D eigenvalue weighted by atomic mass is 9.99. The Morgan fingerprint density at radius 1 is 1.33 bits per heavy atom. The summed E-state index contributed by atoms with van der Waals surface area (Å²) in [7, 11) is 0. The number of hydrogen-bond donors (Lipinski definition) is 1. The highest BCUT2D eigenvalue weighted by Crippen LogP contribution is 2.37. The molecule has 1 aliphatic rings. The zero-order valence-electron chi connectivity index (χ0n) is 9.83. The van der Waals surface area contributed by atoms with Crippen LogP contribution >= 0.6 is 0 Å². The monoisotopic (exact) mass is 204 g/mol. The van der Waals surface area contributed by atoms with Gasteiger partial charge in [0.15, 0.2) is 0 Å². The third kappa shape index (κ3) is 2.71. The molecule has 0 aliphatic heterocycles. The molecule has 0 saturated heterocycles. The van der Waals surface area contributed by atoms with Gasteiger partial charge in [0.2, 0.25) is 0 Å². The van der Waals surface area contributed by atoms with Crippen molar-refractivity contribution < 1.29 is 0 Å². The van der Waals surface area contributed by atoms with Crippen LogP contribution < -0.4 is 5.32 Å². The summed E-state index contributed by atoms with van der Waals surface area (Å²) in [5.41, 5.74) is 1.22. The molecule has 0 bridgehead atoms. The summed E-state index contributed by atoms with van der Waals surface area (Å²) >= 11 is 0. The van der Waals surface area contributed by atoms with Crippen LogP contribution in [0.5, 0.6) is 0 Å². The fourth-order valence-electron chi connectivity index (χ4n) is 2.01. The first kappa shape index (κ1) is 10.5. The van der Waals surface area contributed by atoms with E-state index in [1.807, 2.05) is 6.20 Å². The molecule has 1 fully saturated rings. The molecule has 2 rings (SSSR count). The molecule has 1 aromatic rings. The van der Waals surface area contributed by atoms with Crippen LogP contribution in [-0.4, -0.2) is 11.0 Å². The number of pyridine rings is 1. The van der Waals surface area contributed by atoms with E-state index in [0.717, 1.165) is 11.7 Å². The lowest BCUT2D eigenvalue weighted by molar-refractivity contribution is 0.475. The molecule has 2 nitrogen and oxygen atoms in total. The number of aryl methyl sites for hydroxylation is 1. The summed E-state index contributed by atoms with van der Waals surface area (Å²) in [6.45, 7) is 6.63. The van der Waals surface area contributed by atoms with Crippen LogP contribution in [-0.2, 0) is 0 Å². The number of anilines is 1. The van der Waals surface area contributed by atoms with Crippen molar-refractivity contribution in [1.29, 1.82) is 0 Å². The van der Waals surface area contributed by atoms with Gasteiger partial charge in [0.05, 0.1) is 0 Å². The molecule has 82 valence electrons. The third-order valence-electron chi connectivity index (χ3n) is 3.07. The molecule has 0 aromatic carbocycles. The Morgan fingerprint density at radius 3 is 2.53 bits per heavy atom. The molecule has 1 atom stereocenters. The minimum absolute atomic E-state index is 0.597. The van der Waals surface area contributed by atoms with Crippen LogP contribution in [0.3, 0.4) is 0 Å². The van der Waals surface area contributed by atoms with Gasteiger partial charge in [-0.2, -0.15) is 0 Å². The fourth-order valence-corrected chi connectivity index (χ4v) is 2.01. The molecule has 0 radical (unpaired) electrons. The Labute approximate surface area is 92.1 Å². The standard InChI is InChI=1S/C13H20N2/c1-9(2)13(11-5-6-11)15-12-7-4-10(3)8-14-12/h4,7-9,11,13H,5-6H2,1-3H3,(H,14,15). The van der Waals surface area contributed by atoms with E-state index in [-0.39, 0.29) is 0 Å². The Morgan fingerprint density at radius 2 is 2.07 bits per heavy atom. The molecular formula is C13H20N2. The highest BCUT2D eigenvalue weighted by molar-refractivity contribution is 5.37. The first-order valence-corrected chi connectivity index (χ1v) is 5.86. The zero-order chi connectivity index (χ0) is 10.8. The number of nitrogens with zero attached hydrogens (tertiary/aromatic N) is 1. The van der Waals surface area contributed by atoms with Gasteiger partial charge in [-0.05, 0) is 43.2 Å². The summed E-state index contributed by atoms with van der Waals surface area (Å²) in [4.78, 5) is 4.40. The molecule has 1 unspecified atom stereocenters. The predicted octanol–water partition coefficient (Wildman–Crippen LogP) is 3.24. The first-order valence-electron chi connectivity index (χ1n) is 5.86. The van der Waals surface area contributed by atoms with Crippen LogP contribution in [0.1, 0.15) is 32.3 Å². The topological polar surface area (TPSA) is 24.9 Å². The van der Waals surface area contributed by atoms with Crippen LogP contribution in [0, 0.1) is 18.8 Å². The zero-order valence-corrected chi connectivity index (χ0v) is 9.83. The molecule has 1 heterocycles. The second-order valence-electron chi connectivity index (χ2n) is 4.97. The van der Waals surface area contributed by atoms with E-state index < -0.39 is 0 Å². The summed E-state index contributed by atoms with van der Waals surface area (Å²) in [6, 6.07) is 4.78. The maximum Gasteiger partial charge on any atom is 0.126 e. The molecule has 1 aliphatic carbocycles. The highest BCUT2D eigenvalue weighted by Gasteiger charge is 2.33. The normalized spacial score (nSPS) is 17.9. The van der Waals surface area contributed by atoms with Gasteiger partial charge in [-0.25, -0.2) is 4.98 Å². The van der Waals surface area contributed by atoms with Gasteiger partial charge >= 0.3 is 0 Å². The second-order valence-corrected chi connectivity index (χ2v) is 4.97. The smallest absolute Gasteiger partial charge is 0.126 e. The molecular weight excluding hydrogens is 184 g/mol. The minimum Gasteiger partial charge on any atom is -0.367 e. The highest BCUT2D eigenvalue weighted by atomic mass is 15.0. The van der Waals surface area contributed by atoms with Gasteiger partial charge in [-0.1, -0.05) is 19.9 Å². The Balaban J connectivity index is 2.02. The number of hydrogen-bond acceptors (Lipinski definition) is 2. The van der Waals surface area contributed by atoms with E-state index in [2.05, 4.69) is 43.2 Å². The van der Waals surface area contributed by atoms with E-state index in [1.54, 1.807) is 0 Å². The number of nitrogens with one attached hydrogen (secondary N) is 1. The average molecular weight is 204 g/mol. The molecule has 1 N–H and O–H groups in total. The van der Waals surface area contributed by atoms with Crippen LogP contribution in [0.15, 0.2) is 18.3 Å². The van der Waals surface area contributed by atoms with Gasteiger partial charge in [-0.3, -0.25) is 0 Å². The molecule has 1 saturated carbocycles. The van der Waals surface area contributed by atoms with Gasteiger partial charge in [-0.15, -0.1) is 0 Å². The van der Waals surface area contributed by atoms with Crippen molar-refractivity contribution in [2.45, 2.75) is 39.7 Å². The van der Waals surface area contributed by atoms with Crippen molar-refractivity contribution in [2.75, 3.05) is 5.32 Å². The fraction of sp³-hybridized carbons (Fsp3) is 0.615. The SMILES string of the molecule is Cc1ccc(NC(C(C)C)C2CC2)nc1. The third-order valence-corrected chi connectivity index (χ3v) is 3.07. The lowest BCUT2D eigenvalue weighted by Crippen LogP contribution is -2.28. The predicted molar refractivity (Wildman–Crippen MR) is 63.9 cm³/mol. The largest absolute Gasteiger partial charge is 0.367 e. The van der Waals surface area contributed by atoms with Crippen molar-refractivity contribution in [1.82, 2.24) is 4.98 Å². The van der Waals surface area contributed by atoms with Gasteiger partial charge in [0, 0.05) is 12.2 Å². The quantitative estimate of drug-likeness (QED) is 0.814. The van der Waals surface area contributed by atoms with Crippen molar-refractivity contribution in [2.24, 2.45) is 11.8 Å². The van der Waals surface area contributed by atoms with E-state index in [4.69, 9.17) is 0 Å². The van der Waals surface area contributed by atoms with Crippen molar-refractivity contribution in [3.8, 4) is 0 Å². The average Bonchev–Trinajstić information content (AvgIpc) is 3.00. The number of rotatable bonds is 4. The number of aromatic nitrogens is 1. The van der Waals surface area contributed by atoms with Crippen molar-refractivity contribution >= 4 is 5.82 Å². The molecule has 2 heteroatoms. The van der Waals surface area contributed by atoms with E-state index in [9.17, 15) is 0 Å². The van der Waals surface area contributed by atoms with Gasteiger partial charge in [0.25, 0.3) is 0 Å². The van der Waals surface area contributed by atoms with E-state index >= 15 is 0 Å². The van der Waals surface area contributed by atoms with Crippen LogP contribution in [0.25, 0.3) is 0 Å². The Bertz CT molecular complexity index is 310. The summed E-state index contributed by atoms with van der Waals surface area (Å²) in [5.74, 6) is 2.57. The van der Waals surface area contributed by atoms with Crippen molar-refractivity contribution in [3.63, 3.8) is 0 Å². The first-order chi connectivity index (χ1) is 7.16. The molecule has 1 aromatic heterocycles. The van der Waals surface area contributed by atoms with Gasteiger partial charge < -0.3 is 5.32 Å². The summed E-state index contributed by atoms with van der Waals surface area (Å²) < 4.78 is 0. The molecule has 0 spiro atoms. The second kappa shape index (κ2) is 4.21. The maximum absolute atomic E-state index is 4.40. The Hall–Kier alpha value is -1.05. The van der Waals surface area contributed by atoms with Crippen LogP contribution in [0.4, 0.5) is 5.82 Å². The molecule has 15 heavy (non-hydrogen) atoms. The Kier molecular flexibility index (Phi) is 2.94. The van der Waals surface area contributed by atoms with E-state index in [0.29, 0.717) is 12.0 Å². The van der Waals surface area contributed by atoms with E-state index in [1.165, 1.54) is 18.4 Å². The lowest BCUT2D eigenvalue weighted by Gasteiger charge is -2.22. The maximum atomic E-state index is 4.40. The van der Waals surface area contributed by atoms with Crippen molar-refractivity contribution in [3.05, 3.63) is 23.9 Å².